The highest BCUT2D eigenvalue weighted by Gasteiger charge is 2.16. The number of nitrogens with one attached hydrogen (secondary N) is 1. The molecule has 0 saturated heterocycles. The van der Waals surface area contributed by atoms with Crippen LogP contribution < -0.4 is 4.80 Å². The number of aromatic nitrogens is 2. The smallest absolute Gasteiger partial charge is 0.211 e. The molecule has 166 valence electrons. The van der Waals surface area contributed by atoms with E-state index < -0.39 is 0 Å². The molecule has 0 spiro atoms. The van der Waals surface area contributed by atoms with Crippen molar-refractivity contribution in [3.63, 3.8) is 0 Å². The molecule has 0 unspecified atom stereocenters. The van der Waals surface area contributed by atoms with Crippen molar-refractivity contribution >= 4 is 51.5 Å². The molecule has 0 radical (unpaired) electrons. The van der Waals surface area contributed by atoms with Crippen LogP contribution in [0.2, 0.25) is 0 Å². The number of aromatic amines is 1. The molecule has 0 saturated carbocycles. The molecule has 34 heavy (non-hydrogen) atoms. The number of aromatic hydroxyl groups is 1. The summed E-state index contributed by atoms with van der Waals surface area (Å²) in [5.74, 6) is 0.227. The molecule has 6 heteroatoms. The number of para-hydroxylation sites is 3. The van der Waals surface area contributed by atoms with Gasteiger partial charge in [0.15, 0.2) is 4.80 Å². The van der Waals surface area contributed by atoms with Crippen molar-refractivity contribution < 1.29 is 5.11 Å². The standard InChI is InChI=1S/C28H22N4OS/c33-27-26(16-20-18-30-25-13-7-5-11-23(20)25)34-28(31-21-8-2-1-3-9-21)32(27)15-14-19-17-29-24-12-6-4-10-22(19)24/h1-13,16-18,29,33H,14-15H2. The van der Waals surface area contributed by atoms with Crippen LogP contribution in [0, 0.1) is 0 Å². The Morgan fingerprint density at radius 2 is 1.76 bits per heavy atom. The van der Waals surface area contributed by atoms with Crippen LogP contribution in [-0.2, 0) is 13.0 Å². The lowest BCUT2D eigenvalue weighted by atomic mass is 10.1. The van der Waals surface area contributed by atoms with Gasteiger partial charge in [-0.25, -0.2) is 4.99 Å². The van der Waals surface area contributed by atoms with Crippen LogP contribution in [-0.4, -0.2) is 20.9 Å². The first kappa shape index (κ1) is 20.4. The SMILES string of the molecule is Oc1c(C=C2C=Nc3ccccc32)sc(=Nc2ccccc2)n1CCc1c[nH]c2ccccc12. The van der Waals surface area contributed by atoms with Crippen molar-refractivity contribution in [3.05, 3.63) is 106 Å². The van der Waals surface area contributed by atoms with Crippen LogP contribution in [0.5, 0.6) is 5.88 Å². The first-order valence-electron chi connectivity index (χ1n) is 11.2. The number of benzene rings is 3. The molecule has 1 aliphatic heterocycles. The summed E-state index contributed by atoms with van der Waals surface area (Å²) >= 11 is 1.48. The molecule has 3 heterocycles. The normalized spacial score (nSPS) is 14.4. The third kappa shape index (κ3) is 3.78. The zero-order chi connectivity index (χ0) is 22.9. The van der Waals surface area contributed by atoms with E-state index in [1.807, 2.05) is 71.5 Å². The molecule has 0 fully saturated rings. The molecule has 1 aliphatic rings. The summed E-state index contributed by atoms with van der Waals surface area (Å²) in [7, 11) is 0. The molecular weight excluding hydrogens is 440 g/mol. The number of hydrogen-bond acceptors (Lipinski definition) is 4. The van der Waals surface area contributed by atoms with E-state index in [4.69, 9.17) is 4.99 Å². The van der Waals surface area contributed by atoms with E-state index in [0.29, 0.717) is 6.54 Å². The second-order valence-corrected chi connectivity index (χ2v) is 9.17. The average molecular weight is 463 g/mol. The van der Waals surface area contributed by atoms with Gasteiger partial charge in [-0.1, -0.05) is 65.9 Å². The van der Waals surface area contributed by atoms with Crippen LogP contribution in [0.4, 0.5) is 11.4 Å². The Morgan fingerprint density at radius 3 is 2.68 bits per heavy atom. The van der Waals surface area contributed by atoms with Gasteiger partial charge >= 0.3 is 0 Å². The third-order valence-corrected chi connectivity index (χ3v) is 7.03. The number of rotatable bonds is 5. The van der Waals surface area contributed by atoms with Crippen molar-refractivity contribution in [1.82, 2.24) is 9.55 Å². The zero-order valence-corrected chi connectivity index (χ0v) is 19.2. The fourth-order valence-corrected chi connectivity index (χ4v) is 5.30. The molecule has 2 aromatic heterocycles. The number of aliphatic imine (C=N–C) groups is 1. The first-order chi connectivity index (χ1) is 16.8. The fourth-order valence-electron chi connectivity index (χ4n) is 4.28. The van der Waals surface area contributed by atoms with E-state index in [1.54, 1.807) is 0 Å². The number of allylic oxidation sites excluding steroid dienone is 1. The Kier molecular flexibility index (Phi) is 5.20. The number of thiazole rings is 1. The van der Waals surface area contributed by atoms with E-state index in [9.17, 15) is 5.11 Å². The number of hydrogen-bond donors (Lipinski definition) is 2. The molecule has 5 aromatic rings. The largest absolute Gasteiger partial charge is 0.493 e. The van der Waals surface area contributed by atoms with E-state index in [2.05, 4.69) is 40.4 Å². The Hall–Kier alpha value is -4.16. The van der Waals surface area contributed by atoms with Crippen LogP contribution in [0.25, 0.3) is 22.6 Å². The van der Waals surface area contributed by atoms with Gasteiger partial charge < -0.3 is 10.1 Å². The molecular formula is C28H22N4OS. The molecule has 3 aromatic carbocycles. The minimum atomic E-state index is 0.227. The lowest BCUT2D eigenvalue weighted by molar-refractivity contribution is 0.411. The van der Waals surface area contributed by atoms with E-state index >= 15 is 0 Å². The van der Waals surface area contributed by atoms with Crippen LogP contribution in [0.15, 0.2) is 95.0 Å². The van der Waals surface area contributed by atoms with Crippen LogP contribution >= 0.6 is 11.3 Å². The maximum absolute atomic E-state index is 11.3. The minimum Gasteiger partial charge on any atom is -0.493 e. The minimum absolute atomic E-state index is 0.227. The second kappa shape index (κ2) is 8.65. The lowest BCUT2D eigenvalue weighted by Crippen LogP contribution is -2.15. The highest BCUT2D eigenvalue weighted by molar-refractivity contribution is 7.10. The summed E-state index contributed by atoms with van der Waals surface area (Å²) in [5, 5.41) is 12.5. The fraction of sp³-hybridized carbons (Fsp3) is 0.0714. The van der Waals surface area contributed by atoms with Gasteiger partial charge in [-0.05, 0) is 42.3 Å². The molecule has 0 atom stereocenters. The topological polar surface area (TPSA) is 65.7 Å². The lowest BCUT2D eigenvalue weighted by Gasteiger charge is -2.05. The Labute approximate surface area is 200 Å². The highest BCUT2D eigenvalue weighted by atomic mass is 32.1. The highest BCUT2D eigenvalue weighted by Crippen LogP contribution is 2.34. The first-order valence-corrected chi connectivity index (χ1v) is 12.0. The Balaban J connectivity index is 1.41. The van der Waals surface area contributed by atoms with Crippen LogP contribution in [0.1, 0.15) is 16.0 Å². The van der Waals surface area contributed by atoms with Crippen LogP contribution in [0.3, 0.4) is 0 Å². The summed E-state index contributed by atoms with van der Waals surface area (Å²) in [6.07, 6.45) is 6.68. The molecule has 0 aliphatic carbocycles. The number of H-pyrrole nitrogens is 1. The second-order valence-electron chi connectivity index (χ2n) is 8.16. The Morgan fingerprint density at radius 1 is 0.971 bits per heavy atom. The predicted molar refractivity (Wildman–Crippen MR) is 140 cm³/mol. The quantitative estimate of drug-likeness (QED) is 0.309. The van der Waals surface area contributed by atoms with Gasteiger partial charge in [0.05, 0.1) is 16.3 Å². The summed E-state index contributed by atoms with van der Waals surface area (Å²) in [6.45, 7) is 0.615. The van der Waals surface area contributed by atoms with Gasteiger partial charge in [-0.2, -0.15) is 0 Å². The van der Waals surface area contributed by atoms with E-state index in [-0.39, 0.29) is 5.88 Å². The molecule has 0 amide bonds. The maximum Gasteiger partial charge on any atom is 0.211 e. The number of nitrogens with zero attached hydrogens (tertiary/aromatic N) is 3. The summed E-state index contributed by atoms with van der Waals surface area (Å²) in [6, 6.07) is 26.2. The summed E-state index contributed by atoms with van der Waals surface area (Å²) in [5.41, 5.74) is 6.21. The van der Waals surface area contributed by atoms with Gasteiger partial charge in [-0.3, -0.25) is 9.56 Å². The molecule has 5 nitrogen and oxygen atoms in total. The number of aryl methyl sites for hydroxylation is 1. The molecule has 6 rings (SSSR count). The van der Waals surface area contributed by atoms with Gasteiger partial charge in [0.1, 0.15) is 0 Å². The van der Waals surface area contributed by atoms with Crippen molar-refractivity contribution in [2.45, 2.75) is 13.0 Å². The van der Waals surface area contributed by atoms with Gasteiger partial charge in [-0.15, -0.1) is 0 Å². The average Bonchev–Trinajstić information content (AvgIpc) is 3.55. The zero-order valence-electron chi connectivity index (χ0n) is 18.3. The van der Waals surface area contributed by atoms with Gasteiger partial charge in [0, 0.05) is 41.0 Å². The van der Waals surface area contributed by atoms with Gasteiger partial charge in [0.2, 0.25) is 5.88 Å². The summed E-state index contributed by atoms with van der Waals surface area (Å²) < 4.78 is 1.91. The Bertz CT molecular complexity index is 1620. The monoisotopic (exact) mass is 462 g/mol. The van der Waals surface area contributed by atoms with E-state index in [0.717, 1.165) is 44.1 Å². The van der Waals surface area contributed by atoms with Gasteiger partial charge in [0.25, 0.3) is 0 Å². The van der Waals surface area contributed by atoms with Crippen molar-refractivity contribution in [2.75, 3.05) is 0 Å². The predicted octanol–water partition coefficient (Wildman–Crippen LogP) is 6.47. The molecule has 2 N–H and O–H groups in total. The maximum atomic E-state index is 11.3. The van der Waals surface area contributed by atoms with Crippen molar-refractivity contribution in [3.8, 4) is 5.88 Å². The van der Waals surface area contributed by atoms with E-state index in [1.165, 1.54) is 22.3 Å². The third-order valence-electron chi connectivity index (χ3n) is 6.01. The summed E-state index contributed by atoms with van der Waals surface area (Å²) in [4.78, 5) is 14.2. The van der Waals surface area contributed by atoms with Crippen molar-refractivity contribution in [1.29, 1.82) is 0 Å². The number of fused-ring (bicyclic) bond motifs is 2. The van der Waals surface area contributed by atoms with Crippen molar-refractivity contribution in [2.24, 2.45) is 9.98 Å². The molecule has 0 bridgehead atoms.